The van der Waals surface area contributed by atoms with Gasteiger partial charge in [0.15, 0.2) is 0 Å². The Labute approximate surface area is 225 Å². The summed E-state index contributed by atoms with van der Waals surface area (Å²) in [5, 5.41) is 13.3. The van der Waals surface area contributed by atoms with E-state index >= 15 is 0 Å². The van der Waals surface area contributed by atoms with Crippen LogP contribution in [0.1, 0.15) is 28.5 Å². The molecule has 192 valence electrons. The average molecular weight is 516 g/mol. The van der Waals surface area contributed by atoms with E-state index in [-0.39, 0.29) is 17.9 Å². The molecule has 2 heterocycles. The van der Waals surface area contributed by atoms with E-state index in [1.807, 2.05) is 91.0 Å². The molecular formula is C33H25NO5. The molecule has 0 radical (unpaired) electrons. The van der Waals surface area contributed by atoms with Crippen LogP contribution in [-0.4, -0.2) is 21.7 Å². The van der Waals surface area contributed by atoms with Crippen LogP contribution in [0.2, 0.25) is 0 Å². The monoisotopic (exact) mass is 515 g/mol. The van der Waals surface area contributed by atoms with Gasteiger partial charge in [0.25, 0.3) is 11.7 Å². The Morgan fingerprint density at radius 1 is 0.821 bits per heavy atom. The molecule has 1 aliphatic heterocycles. The molecule has 6 heteroatoms. The van der Waals surface area contributed by atoms with Gasteiger partial charge in [-0.2, -0.15) is 0 Å². The van der Waals surface area contributed by atoms with Gasteiger partial charge in [-0.05, 0) is 46.2 Å². The van der Waals surface area contributed by atoms with Gasteiger partial charge in [-0.15, -0.1) is 0 Å². The minimum atomic E-state index is -0.808. The molecule has 5 aromatic rings. The zero-order valence-electron chi connectivity index (χ0n) is 21.0. The summed E-state index contributed by atoms with van der Waals surface area (Å²) in [5.41, 5.74) is 2.26. The number of furan rings is 1. The lowest BCUT2D eigenvalue weighted by atomic mass is 9.93. The predicted octanol–water partition coefficient (Wildman–Crippen LogP) is 6.63. The van der Waals surface area contributed by atoms with Crippen molar-refractivity contribution in [2.75, 3.05) is 0 Å². The van der Waals surface area contributed by atoms with Gasteiger partial charge in [-0.1, -0.05) is 84.9 Å². The summed E-state index contributed by atoms with van der Waals surface area (Å²) in [4.78, 5) is 28.2. The minimum absolute atomic E-state index is 0.0425. The second-order valence-corrected chi connectivity index (χ2v) is 9.38. The van der Waals surface area contributed by atoms with Crippen molar-refractivity contribution in [1.29, 1.82) is 0 Å². The molecule has 1 saturated heterocycles. The zero-order valence-corrected chi connectivity index (χ0v) is 21.0. The van der Waals surface area contributed by atoms with E-state index in [4.69, 9.17) is 9.15 Å². The maximum atomic E-state index is 13.4. The molecule has 0 aliphatic carbocycles. The first-order chi connectivity index (χ1) is 19.1. The van der Waals surface area contributed by atoms with Crippen LogP contribution in [0.15, 0.2) is 125 Å². The van der Waals surface area contributed by atoms with E-state index in [0.717, 1.165) is 16.3 Å². The normalized spacial score (nSPS) is 16.6. The Hall–Kier alpha value is -5.10. The number of aliphatic hydroxyl groups is 1. The van der Waals surface area contributed by atoms with Gasteiger partial charge < -0.3 is 19.2 Å². The van der Waals surface area contributed by atoms with Crippen LogP contribution >= 0.6 is 0 Å². The number of hydrogen-bond donors (Lipinski definition) is 1. The molecule has 1 N–H and O–H groups in total. The predicted molar refractivity (Wildman–Crippen MR) is 148 cm³/mol. The van der Waals surface area contributed by atoms with Gasteiger partial charge in [-0.25, -0.2) is 0 Å². The van der Waals surface area contributed by atoms with Crippen molar-refractivity contribution >= 4 is 28.2 Å². The number of hydrogen-bond acceptors (Lipinski definition) is 5. The van der Waals surface area contributed by atoms with E-state index in [9.17, 15) is 14.7 Å². The number of likely N-dealkylation sites (tertiary alicyclic amines) is 1. The maximum Gasteiger partial charge on any atom is 0.296 e. The largest absolute Gasteiger partial charge is 0.507 e. The highest BCUT2D eigenvalue weighted by atomic mass is 16.5. The molecule has 1 amide bonds. The summed E-state index contributed by atoms with van der Waals surface area (Å²) in [6.07, 6.45) is 1.52. The van der Waals surface area contributed by atoms with Gasteiger partial charge in [-0.3, -0.25) is 9.59 Å². The fourth-order valence-electron chi connectivity index (χ4n) is 5.02. The molecule has 1 atom stereocenters. The van der Waals surface area contributed by atoms with Crippen LogP contribution in [-0.2, 0) is 22.7 Å². The Balaban J connectivity index is 1.41. The molecule has 1 unspecified atom stereocenters. The third-order valence-corrected chi connectivity index (χ3v) is 6.94. The lowest BCUT2D eigenvalue weighted by Crippen LogP contribution is -2.29. The van der Waals surface area contributed by atoms with Crippen molar-refractivity contribution in [3.8, 4) is 5.75 Å². The smallest absolute Gasteiger partial charge is 0.296 e. The SMILES string of the molecule is O=C1C(=O)N(Cc2ccco2)C(c2ccc(OCc3ccccc3)cc2)/C1=C(/O)c1cccc2ccccc12. The number of carbonyl (C=O) groups excluding carboxylic acids is 2. The van der Waals surface area contributed by atoms with Crippen LogP contribution in [0.25, 0.3) is 16.5 Å². The van der Waals surface area contributed by atoms with Crippen molar-refractivity contribution in [2.24, 2.45) is 0 Å². The fourth-order valence-corrected chi connectivity index (χ4v) is 5.02. The topological polar surface area (TPSA) is 80.0 Å². The number of carbonyl (C=O) groups is 2. The van der Waals surface area contributed by atoms with Crippen LogP contribution in [0.4, 0.5) is 0 Å². The number of benzene rings is 4. The van der Waals surface area contributed by atoms with Crippen LogP contribution in [0.5, 0.6) is 5.75 Å². The molecule has 6 rings (SSSR count). The molecule has 4 aromatic carbocycles. The standard InChI is InChI=1S/C33H25NO5/c35-31(28-14-6-11-23-10-4-5-13-27(23)28)29-30(34(33(37)32(29)36)20-26-12-7-19-38-26)24-15-17-25(18-16-24)39-21-22-8-2-1-3-9-22/h1-19,30,35H,20-21H2/b31-29-. The Bertz CT molecular complexity index is 1670. The van der Waals surface area contributed by atoms with E-state index < -0.39 is 17.7 Å². The molecular weight excluding hydrogens is 490 g/mol. The van der Waals surface area contributed by atoms with Crippen LogP contribution in [0.3, 0.4) is 0 Å². The number of amides is 1. The molecule has 0 bridgehead atoms. The second-order valence-electron chi connectivity index (χ2n) is 9.38. The van der Waals surface area contributed by atoms with Gasteiger partial charge in [0, 0.05) is 5.56 Å². The molecule has 0 saturated carbocycles. The first-order valence-electron chi connectivity index (χ1n) is 12.7. The number of nitrogens with zero attached hydrogens (tertiary/aromatic N) is 1. The average Bonchev–Trinajstić information content (AvgIpc) is 3.59. The fraction of sp³-hybridized carbons (Fsp3) is 0.0909. The number of aliphatic hydroxyl groups excluding tert-OH is 1. The van der Waals surface area contributed by atoms with Crippen molar-refractivity contribution in [3.05, 3.63) is 143 Å². The summed E-state index contributed by atoms with van der Waals surface area (Å²) in [6.45, 7) is 0.499. The molecule has 0 spiro atoms. The third kappa shape index (κ3) is 4.68. The van der Waals surface area contributed by atoms with Gasteiger partial charge >= 0.3 is 0 Å². The summed E-state index contributed by atoms with van der Waals surface area (Å²) >= 11 is 0. The Morgan fingerprint density at radius 2 is 1.56 bits per heavy atom. The van der Waals surface area contributed by atoms with Gasteiger partial charge in [0.1, 0.15) is 23.9 Å². The lowest BCUT2D eigenvalue weighted by molar-refractivity contribution is -0.140. The van der Waals surface area contributed by atoms with Crippen LogP contribution < -0.4 is 4.74 Å². The van der Waals surface area contributed by atoms with Gasteiger partial charge in [0.2, 0.25) is 0 Å². The molecule has 6 nitrogen and oxygen atoms in total. The van der Waals surface area contributed by atoms with Crippen molar-refractivity contribution < 1.29 is 23.8 Å². The lowest BCUT2D eigenvalue weighted by Gasteiger charge is -2.25. The second kappa shape index (κ2) is 10.3. The first-order valence-corrected chi connectivity index (χ1v) is 12.7. The molecule has 1 aliphatic rings. The molecule has 1 fully saturated rings. The summed E-state index contributed by atoms with van der Waals surface area (Å²) in [5.74, 6) is -0.444. The molecule has 39 heavy (non-hydrogen) atoms. The van der Waals surface area contributed by atoms with E-state index in [0.29, 0.717) is 29.2 Å². The van der Waals surface area contributed by atoms with Crippen LogP contribution in [0, 0.1) is 0 Å². The quantitative estimate of drug-likeness (QED) is 0.149. The highest BCUT2D eigenvalue weighted by Gasteiger charge is 2.46. The number of Topliss-reactive ketones (excluding diaryl/α,β-unsaturated/α-hetero) is 1. The zero-order chi connectivity index (χ0) is 26.8. The maximum absolute atomic E-state index is 13.4. The van der Waals surface area contributed by atoms with Gasteiger partial charge in [0.05, 0.1) is 24.4 Å². The Kier molecular flexibility index (Phi) is 6.43. The number of fused-ring (bicyclic) bond motifs is 1. The number of rotatable bonds is 7. The van der Waals surface area contributed by atoms with Crippen molar-refractivity contribution in [1.82, 2.24) is 4.90 Å². The van der Waals surface area contributed by atoms with Crippen molar-refractivity contribution in [2.45, 2.75) is 19.2 Å². The summed E-state index contributed by atoms with van der Waals surface area (Å²) in [7, 11) is 0. The number of ketones is 1. The van der Waals surface area contributed by atoms with E-state index in [1.165, 1.54) is 11.2 Å². The molecule has 1 aromatic heterocycles. The minimum Gasteiger partial charge on any atom is -0.507 e. The van der Waals surface area contributed by atoms with E-state index in [1.54, 1.807) is 18.2 Å². The van der Waals surface area contributed by atoms with E-state index in [2.05, 4.69) is 0 Å². The third-order valence-electron chi connectivity index (χ3n) is 6.94. The first kappa shape index (κ1) is 24.2. The van der Waals surface area contributed by atoms with Crippen molar-refractivity contribution in [3.63, 3.8) is 0 Å². The Morgan fingerprint density at radius 3 is 2.33 bits per heavy atom. The highest BCUT2D eigenvalue weighted by Crippen LogP contribution is 2.41. The number of ether oxygens (including phenoxy) is 1. The summed E-state index contributed by atoms with van der Waals surface area (Å²) in [6, 6.07) is 32.9. The summed E-state index contributed by atoms with van der Waals surface area (Å²) < 4.78 is 11.4. The highest BCUT2D eigenvalue weighted by molar-refractivity contribution is 6.46.